The second kappa shape index (κ2) is 8.52. The lowest BCUT2D eigenvalue weighted by Crippen LogP contribution is -2.30. The first kappa shape index (κ1) is 18.6. The first-order valence-corrected chi connectivity index (χ1v) is 9.55. The normalized spacial score (nSPS) is 10.9. The molecule has 144 valence electrons. The molecule has 1 heterocycles. The highest BCUT2D eigenvalue weighted by atomic mass is 16.1. The maximum absolute atomic E-state index is 12.7. The number of rotatable bonds is 6. The molecule has 0 atom stereocenters. The van der Waals surface area contributed by atoms with Crippen LogP contribution in [0.15, 0.2) is 89.7 Å². The number of amides is 1. The first-order chi connectivity index (χ1) is 14.2. The van der Waals surface area contributed by atoms with Gasteiger partial charge in [-0.25, -0.2) is 5.10 Å². The minimum absolute atomic E-state index is 0.0571. The van der Waals surface area contributed by atoms with E-state index in [2.05, 4.69) is 39.8 Å². The second-order valence-electron chi connectivity index (χ2n) is 6.90. The van der Waals surface area contributed by atoms with E-state index >= 15 is 0 Å². The molecule has 0 saturated heterocycles. The summed E-state index contributed by atoms with van der Waals surface area (Å²) in [5, 5.41) is 10.8. The summed E-state index contributed by atoms with van der Waals surface area (Å²) in [6, 6.07) is 27.4. The summed E-state index contributed by atoms with van der Waals surface area (Å²) >= 11 is 0. The highest BCUT2D eigenvalue weighted by molar-refractivity contribution is 5.88. The third kappa shape index (κ3) is 4.24. The van der Waals surface area contributed by atoms with Crippen LogP contribution in [0.5, 0.6) is 0 Å². The van der Waals surface area contributed by atoms with Crippen molar-refractivity contribution < 1.29 is 4.79 Å². The lowest BCUT2D eigenvalue weighted by molar-refractivity contribution is -0.120. The van der Waals surface area contributed by atoms with Gasteiger partial charge in [-0.2, -0.15) is 5.10 Å². The minimum Gasteiger partial charge on any atom is -0.355 e. The molecule has 0 aliphatic carbocycles. The molecule has 5 heteroatoms. The Morgan fingerprint density at radius 3 is 2.00 bits per heavy atom. The molecule has 1 aromatic heterocycles. The molecule has 29 heavy (non-hydrogen) atoms. The van der Waals surface area contributed by atoms with Crippen molar-refractivity contribution in [3.63, 3.8) is 0 Å². The zero-order valence-electron chi connectivity index (χ0n) is 15.8. The average Bonchev–Trinajstić information content (AvgIpc) is 2.77. The molecular weight excluding hydrogens is 362 g/mol. The van der Waals surface area contributed by atoms with Gasteiger partial charge in [0.2, 0.25) is 5.91 Å². The van der Waals surface area contributed by atoms with Gasteiger partial charge in [0.05, 0.1) is 17.5 Å². The molecule has 3 aromatic carbocycles. The van der Waals surface area contributed by atoms with Crippen molar-refractivity contribution in [1.29, 1.82) is 0 Å². The van der Waals surface area contributed by atoms with Crippen molar-refractivity contribution in [1.82, 2.24) is 15.5 Å². The van der Waals surface area contributed by atoms with E-state index in [0.717, 1.165) is 11.1 Å². The fourth-order valence-electron chi connectivity index (χ4n) is 3.54. The second-order valence-corrected chi connectivity index (χ2v) is 6.90. The third-order valence-electron chi connectivity index (χ3n) is 5.01. The van der Waals surface area contributed by atoms with Crippen LogP contribution < -0.4 is 10.9 Å². The number of hydrogen-bond donors (Lipinski definition) is 2. The van der Waals surface area contributed by atoms with Crippen molar-refractivity contribution in [2.24, 2.45) is 0 Å². The Balaban J connectivity index is 1.52. The minimum atomic E-state index is -0.252. The molecule has 0 saturated carbocycles. The fourth-order valence-corrected chi connectivity index (χ4v) is 3.54. The van der Waals surface area contributed by atoms with E-state index in [9.17, 15) is 9.59 Å². The van der Waals surface area contributed by atoms with Crippen molar-refractivity contribution in [3.05, 3.63) is 112 Å². The highest BCUT2D eigenvalue weighted by Crippen LogP contribution is 2.23. The largest absolute Gasteiger partial charge is 0.355 e. The first-order valence-electron chi connectivity index (χ1n) is 9.55. The number of carbonyl (C=O) groups excluding carboxylic acids is 1. The summed E-state index contributed by atoms with van der Waals surface area (Å²) < 4.78 is 0. The molecule has 0 aliphatic heterocycles. The van der Waals surface area contributed by atoms with Crippen LogP contribution in [-0.4, -0.2) is 22.6 Å². The van der Waals surface area contributed by atoms with Crippen molar-refractivity contribution in [3.8, 4) is 0 Å². The quantitative estimate of drug-likeness (QED) is 0.536. The molecule has 5 nitrogen and oxygen atoms in total. The van der Waals surface area contributed by atoms with E-state index in [1.54, 1.807) is 12.1 Å². The molecule has 4 rings (SSSR count). The summed E-state index contributed by atoms with van der Waals surface area (Å²) in [6.45, 7) is 0.480. The summed E-state index contributed by atoms with van der Waals surface area (Å²) in [7, 11) is 0. The Morgan fingerprint density at radius 2 is 1.38 bits per heavy atom. The number of nitrogens with one attached hydrogen (secondary N) is 2. The van der Waals surface area contributed by atoms with Crippen LogP contribution in [0.2, 0.25) is 0 Å². The number of aromatic nitrogens is 2. The molecule has 0 spiro atoms. The average molecular weight is 383 g/mol. The van der Waals surface area contributed by atoms with Crippen LogP contribution in [0.4, 0.5) is 0 Å². The van der Waals surface area contributed by atoms with Gasteiger partial charge in [0.25, 0.3) is 5.56 Å². The Bertz CT molecular complexity index is 1130. The van der Waals surface area contributed by atoms with Gasteiger partial charge in [-0.15, -0.1) is 0 Å². The van der Waals surface area contributed by atoms with Crippen LogP contribution in [0.1, 0.15) is 22.7 Å². The van der Waals surface area contributed by atoms with E-state index in [0.29, 0.717) is 23.0 Å². The van der Waals surface area contributed by atoms with E-state index in [-0.39, 0.29) is 23.8 Å². The zero-order chi connectivity index (χ0) is 20.1. The van der Waals surface area contributed by atoms with Gasteiger partial charge in [0.15, 0.2) is 0 Å². The van der Waals surface area contributed by atoms with Crippen LogP contribution in [0.3, 0.4) is 0 Å². The van der Waals surface area contributed by atoms with E-state index in [1.165, 1.54) is 0 Å². The predicted molar refractivity (Wildman–Crippen MR) is 114 cm³/mol. The monoisotopic (exact) mass is 383 g/mol. The molecule has 1 amide bonds. The van der Waals surface area contributed by atoms with Gasteiger partial charge in [-0.1, -0.05) is 78.9 Å². The number of hydrogen-bond acceptors (Lipinski definition) is 3. The van der Waals surface area contributed by atoms with Gasteiger partial charge in [0.1, 0.15) is 0 Å². The van der Waals surface area contributed by atoms with E-state index in [4.69, 9.17) is 0 Å². The smallest absolute Gasteiger partial charge is 0.272 e. The highest BCUT2D eigenvalue weighted by Gasteiger charge is 2.16. The molecule has 0 bridgehead atoms. The Hall–Kier alpha value is -3.73. The summed E-state index contributed by atoms with van der Waals surface area (Å²) in [4.78, 5) is 24.6. The van der Waals surface area contributed by atoms with E-state index < -0.39 is 0 Å². The summed E-state index contributed by atoms with van der Waals surface area (Å²) in [5.41, 5.74) is 2.60. The van der Waals surface area contributed by atoms with Crippen molar-refractivity contribution in [2.75, 3.05) is 6.54 Å². The lowest BCUT2D eigenvalue weighted by atomic mass is 9.91. The number of benzene rings is 3. The van der Waals surface area contributed by atoms with Crippen LogP contribution in [-0.2, 0) is 11.2 Å². The third-order valence-corrected chi connectivity index (χ3v) is 5.01. The molecule has 0 aliphatic rings. The van der Waals surface area contributed by atoms with Gasteiger partial charge in [-0.05, 0) is 17.2 Å². The zero-order valence-corrected chi connectivity index (χ0v) is 15.8. The maximum Gasteiger partial charge on any atom is 0.272 e. The number of fused-ring (bicyclic) bond motifs is 1. The SMILES string of the molecule is O=C(Cc1n[nH]c(=O)c2ccccc12)NCC(c1ccccc1)c1ccccc1. The summed E-state index contributed by atoms with van der Waals surface area (Å²) in [5.74, 6) is -0.0757. The molecule has 0 radical (unpaired) electrons. The Kier molecular flexibility index (Phi) is 5.47. The number of aromatic amines is 1. The van der Waals surface area contributed by atoms with E-state index in [1.807, 2.05) is 48.5 Å². The molecule has 2 N–H and O–H groups in total. The Labute approximate surface area is 168 Å². The van der Waals surface area contributed by atoms with Crippen LogP contribution in [0, 0.1) is 0 Å². The van der Waals surface area contributed by atoms with Crippen molar-refractivity contribution in [2.45, 2.75) is 12.3 Å². The molecule has 4 aromatic rings. The standard InChI is InChI=1S/C24H21N3O2/c28-23(15-22-19-13-7-8-14-20(19)24(29)27-26-22)25-16-21(17-9-3-1-4-10-17)18-11-5-2-6-12-18/h1-14,21H,15-16H2,(H,25,28)(H,27,29). The predicted octanol–water partition coefficient (Wildman–Crippen LogP) is 3.41. The maximum atomic E-state index is 12.7. The Morgan fingerprint density at radius 1 is 0.828 bits per heavy atom. The van der Waals surface area contributed by atoms with Crippen molar-refractivity contribution >= 4 is 16.7 Å². The summed E-state index contributed by atoms with van der Waals surface area (Å²) in [6.07, 6.45) is 0.105. The fraction of sp³-hybridized carbons (Fsp3) is 0.125. The molecular formula is C24H21N3O2. The van der Waals surface area contributed by atoms with Crippen LogP contribution >= 0.6 is 0 Å². The van der Waals surface area contributed by atoms with Gasteiger partial charge in [0, 0.05) is 17.8 Å². The van der Waals surface area contributed by atoms with Gasteiger partial charge < -0.3 is 5.32 Å². The van der Waals surface area contributed by atoms with Crippen LogP contribution in [0.25, 0.3) is 10.8 Å². The molecule has 0 unspecified atom stereocenters. The molecule has 0 fully saturated rings. The van der Waals surface area contributed by atoms with Gasteiger partial charge >= 0.3 is 0 Å². The number of H-pyrrole nitrogens is 1. The van der Waals surface area contributed by atoms with Gasteiger partial charge in [-0.3, -0.25) is 9.59 Å². The number of carbonyl (C=O) groups is 1. The lowest BCUT2D eigenvalue weighted by Gasteiger charge is -2.19. The topological polar surface area (TPSA) is 74.8 Å². The number of nitrogens with zero attached hydrogens (tertiary/aromatic N) is 1.